The Balaban J connectivity index is 1.62. The Bertz CT molecular complexity index is 1140. The van der Waals surface area contributed by atoms with Crippen molar-refractivity contribution in [1.29, 1.82) is 0 Å². The minimum absolute atomic E-state index is 0.274. The molecule has 0 amide bonds. The van der Waals surface area contributed by atoms with Crippen molar-refractivity contribution in [3.63, 3.8) is 0 Å². The number of fused-ring (bicyclic) bond motifs is 1. The van der Waals surface area contributed by atoms with E-state index in [0.29, 0.717) is 9.97 Å². The summed E-state index contributed by atoms with van der Waals surface area (Å²) in [7, 11) is 0. The van der Waals surface area contributed by atoms with E-state index in [9.17, 15) is 4.79 Å². The molecule has 26 heavy (non-hydrogen) atoms. The second-order valence-corrected chi connectivity index (χ2v) is 6.99. The highest BCUT2D eigenvalue weighted by Gasteiger charge is 2.13. The third-order valence-corrected chi connectivity index (χ3v) is 4.99. The van der Waals surface area contributed by atoms with Crippen LogP contribution in [0, 0.1) is 13.8 Å². The molecule has 2 aromatic carbocycles. The highest BCUT2D eigenvalue weighted by molar-refractivity contribution is 7.16. The van der Waals surface area contributed by atoms with Crippen LogP contribution in [0.4, 0.5) is 0 Å². The van der Waals surface area contributed by atoms with Crippen molar-refractivity contribution in [2.75, 3.05) is 0 Å². The van der Waals surface area contributed by atoms with Gasteiger partial charge in [-0.15, -0.1) is 10.2 Å². The molecule has 6 nitrogen and oxygen atoms in total. The highest BCUT2D eigenvalue weighted by atomic mass is 32.1. The smallest absolute Gasteiger partial charge is 0.302 e. The van der Waals surface area contributed by atoms with Crippen LogP contribution >= 0.6 is 11.3 Å². The molecule has 0 radical (unpaired) electrons. The first-order chi connectivity index (χ1) is 12.6. The maximum absolute atomic E-state index is 12.7. The number of hydrogen-bond donors (Lipinski definition) is 0. The van der Waals surface area contributed by atoms with Crippen LogP contribution in [0.1, 0.15) is 16.1 Å². The third kappa shape index (κ3) is 3.09. The highest BCUT2D eigenvalue weighted by Crippen LogP contribution is 2.19. The molecule has 0 aliphatic heterocycles. The molecule has 0 aliphatic carbocycles. The number of benzene rings is 2. The first kappa shape index (κ1) is 16.4. The molecule has 0 aliphatic rings. The zero-order chi connectivity index (χ0) is 18.1. The predicted molar refractivity (Wildman–Crippen MR) is 101 cm³/mol. The number of nitrogens with zero attached hydrogens (tertiary/aromatic N) is 4. The van der Waals surface area contributed by atoms with E-state index >= 15 is 0 Å². The predicted octanol–water partition coefficient (Wildman–Crippen LogP) is 3.41. The largest absolute Gasteiger partial charge is 0.486 e. The van der Waals surface area contributed by atoms with Crippen molar-refractivity contribution in [3.05, 3.63) is 75.0 Å². The lowest BCUT2D eigenvalue weighted by molar-refractivity contribution is 0.303. The van der Waals surface area contributed by atoms with Gasteiger partial charge in [0.05, 0.1) is 0 Å². The van der Waals surface area contributed by atoms with E-state index in [4.69, 9.17) is 4.74 Å². The van der Waals surface area contributed by atoms with Crippen molar-refractivity contribution >= 4 is 16.3 Å². The zero-order valence-corrected chi connectivity index (χ0v) is 15.2. The van der Waals surface area contributed by atoms with Crippen molar-refractivity contribution in [1.82, 2.24) is 19.8 Å². The number of ether oxygens (including phenoxy) is 1. The van der Waals surface area contributed by atoms with E-state index in [-0.39, 0.29) is 17.9 Å². The molecular formula is C19H16N4O2S. The molecule has 0 atom stereocenters. The molecule has 130 valence electrons. The monoisotopic (exact) mass is 364 g/mol. The summed E-state index contributed by atoms with van der Waals surface area (Å²) in [5.74, 6) is 0.774. The fourth-order valence-electron chi connectivity index (χ4n) is 2.54. The second-order valence-electron chi connectivity index (χ2n) is 5.94. The van der Waals surface area contributed by atoms with E-state index in [1.165, 1.54) is 27.0 Å². The summed E-state index contributed by atoms with van der Waals surface area (Å²) in [6.45, 7) is 4.37. The van der Waals surface area contributed by atoms with Crippen molar-refractivity contribution in [2.45, 2.75) is 20.5 Å². The summed E-state index contributed by atoms with van der Waals surface area (Å²) in [6, 6.07) is 15.2. The Labute approximate surface area is 153 Å². The number of aryl methyl sites for hydroxylation is 2. The van der Waals surface area contributed by atoms with E-state index in [0.717, 1.165) is 11.3 Å². The Morgan fingerprint density at radius 3 is 2.62 bits per heavy atom. The molecular weight excluding hydrogens is 348 g/mol. The molecule has 0 fully saturated rings. The number of rotatable bonds is 4. The average molecular weight is 364 g/mol. The quantitative estimate of drug-likeness (QED) is 0.555. The van der Waals surface area contributed by atoms with Crippen LogP contribution in [-0.4, -0.2) is 19.8 Å². The first-order valence-electron chi connectivity index (χ1n) is 8.13. The summed E-state index contributed by atoms with van der Waals surface area (Å²) >= 11 is 1.30. The average Bonchev–Trinajstić information content (AvgIpc) is 3.08. The van der Waals surface area contributed by atoms with Gasteiger partial charge >= 0.3 is 5.56 Å². The van der Waals surface area contributed by atoms with Crippen LogP contribution in [0.5, 0.6) is 5.75 Å². The van der Waals surface area contributed by atoms with Gasteiger partial charge in [-0.25, -0.2) is 0 Å². The van der Waals surface area contributed by atoms with Crippen LogP contribution in [0.15, 0.2) is 53.3 Å². The Morgan fingerprint density at radius 1 is 1.04 bits per heavy atom. The minimum atomic E-state index is -0.283. The number of aromatic nitrogens is 4. The molecule has 2 aromatic heterocycles. The van der Waals surface area contributed by atoms with E-state index in [2.05, 4.69) is 22.2 Å². The van der Waals surface area contributed by atoms with Gasteiger partial charge in [0, 0.05) is 5.56 Å². The van der Waals surface area contributed by atoms with Gasteiger partial charge in [-0.05, 0) is 37.1 Å². The van der Waals surface area contributed by atoms with Crippen LogP contribution < -0.4 is 10.3 Å². The molecule has 7 heteroatoms. The molecule has 0 saturated heterocycles. The fraction of sp³-hybridized carbons (Fsp3) is 0.158. The lowest BCUT2D eigenvalue weighted by Gasteiger charge is -2.06. The van der Waals surface area contributed by atoms with Gasteiger partial charge < -0.3 is 4.74 Å². The van der Waals surface area contributed by atoms with Crippen LogP contribution in [0.25, 0.3) is 16.2 Å². The fourth-order valence-corrected chi connectivity index (χ4v) is 3.28. The molecule has 4 aromatic rings. The van der Waals surface area contributed by atoms with Crippen molar-refractivity contribution in [2.24, 2.45) is 0 Å². The van der Waals surface area contributed by atoms with Gasteiger partial charge in [0.2, 0.25) is 4.96 Å². The van der Waals surface area contributed by atoms with Crippen LogP contribution in [0.2, 0.25) is 0 Å². The van der Waals surface area contributed by atoms with Gasteiger partial charge in [0.1, 0.15) is 12.4 Å². The molecule has 4 rings (SSSR count). The van der Waals surface area contributed by atoms with Gasteiger partial charge in [-0.3, -0.25) is 4.79 Å². The molecule has 0 spiro atoms. The first-order valence-corrected chi connectivity index (χ1v) is 8.94. The SMILES string of the molecule is Cc1ccc(OCc2nn3c(=O)c(-c4ccccc4)nnc3s2)cc1C. The van der Waals surface area contributed by atoms with Gasteiger partial charge in [-0.2, -0.15) is 9.61 Å². The van der Waals surface area contributed by atoms with Crippen molar-refractivity contribution in [3.8, 4) is 17.0 Å². The zero-order valence-electron chi connectivity index (χ0n) is 14.3. The topological polar surface area (TPSA) is 69.4 Å². The van der Waals surface area contributed by atoms with E-state index in [1.807, 2.05) is 55.5 Å². The molecule has 0 saturated carbocycles. The lowest BCUT2D eigenvalue weighted by Crippen LogP contribution is -2.19. The van der Waals surface area contributed by atoms with E-state index in [1.54, 1.807) is 0 Å². The summed E-state index contributed by atoms with van der Waals surface area (Å²) in [5, 5.41) is 13.2. The standard InChI is InChI=1S/C19H16N4O2S/c1-12-8-9-15(10-13(12)2)25-11-16-22-23-18(24)17(20-21-19(23)26-16)14-6-4-3-5-7-14/h3-10H,11H2,1-2H3. The summed E-state index contributed by atoms with van der Waals surface area (Å²) in [4.78, 5) is 13.1. The van der Waals surface area contributed by atoms with Crippen molar-refractivity contribution < 1.29 is 4.74 Å². The van der Waals surface area contributed by atoms with Crippen LogP contribution in [0.3, 0.4) is 0 Å². The third-order valence-electron chi connectivity index (χ3n) is 4.12. The summed E-state index contributed by atoms with van der Waals surface area (Å²) in [6.07, 6.45) is 0. The number of hydrogen-bond acceptors (Lipinski definition) is 6. The maximum atomic E-state index is 12.7. The summed E-state index contributed by atoms with van der Waals surface area (Å²) < 4.78 is 7.09. The van der Waals surface area contributed by atoms with Gasteiger partial charge in [0.15, 0.2) is 10.7 Å². The molecule has 0 bridgehead atoms. The second kappa shape index (κ2) is 6.68. The molecule has 0 unspecified atom stereocenters. The van der Waals surface area contributed by atoms with Gasteiger partial charge in [-0.1, -0.05) is 47.7 Å². The van der Waals surface area contributed by atoms with E-state index < -0.39 is 0 Å². The maximum Gasteiger partial charge on any atom is 0.302 e. The summed E-state index contributed by atoms with van der Waals surface area (Å²) in [5.41, 5.74) is 3.11. The minimum Gasteiger partial charge on any atom is -0.486 e. The Kier molecular flexibility index (Phi) is 4.22. The lowest BCUT2D eigenvalue weighted by atomic mass is 10.1. The molecule has 0 N–H and O–H groups in total. The Hall–Kier alpha value is -3.06. The Morgan fingerprint density at radius 2 is 1.85 bits per heavy atom. The van der Waals surface area contributed by atoms with Gasteiger partial charge in [0.25, 0.3) is 0 Å². The van der Waals surface area contributed by atoms with Crippen LogP contribution in [-0.2, 0) is 6.61 Å². The normalized spacial score (nSPS) is 11.0. The molecule has 2 heterocycles.